The fourth-order valence-corrected chi connectivity index (χ4v) is 1.55. The Balaban J connectivity index is 3.14. The van der Waals surface area contributed by atoms with Gasteiger partial charge in [-0.15, -0.1) is 0 Å². The molecule has 3 heteroatoms. The van der Waals surface area contributed by atoms with Crippen molar-refractivity contribution in [2.24, 2.45) is 5.92 Å². The largest absolute Gasteiger partial charge is 0.292 e. The van der Waals surface area contributed by atoms with E-state index in [0.717, 1.165) is 5.57 Å². The van der Waals surface area contributed by atoms with Crippen LogP contribution in [0.2, 0.25) is 0 Å². The fraction of sp³-hybridized carbons (Fsp3) is 0.333. The Morgan fingerprint density at radius 2 is 2.13 bits per heavy atom. The molecule has 80 valence electrons. The zero-order valence-corrected chi connectivity index (χ0v) is 9.04. The first kappa shape index (κ1) is 11.4. The lowest BCUT2D eigenvalue weighted by Crippen LogP contribution is -2.32. The van der Waals surface area contributed by atoms with Crippen molar-refractivity contribution < 1.29 is 9.59 Å². The van der Waals surface area contributed by atoms with Gasteiger partial charge in [-0.3, -0.25) is 14.9 Å². The number of nitrogens with one attached hydrogen (secondary N) is 1. The SMILES string of the molecule is C=C/C=C1/C(=O)NC(=O)C(C)C/C1=C/C. The van der Waals surface area contributed by atoms with Crippen molar-refractivity contribution in [1.29, 1.82) is 0 Å². The Kier molecular flexibility index (Phi) is 3.61. The second-order valence-electron chi connectivity index (χ2n) is 3.55. The molecule has 0 radical (unpaired) electrons. The molecule has 1 fully saturated rings. The smallest absolute Gasteiger partial charge is 0.258 e. The maximum Gasteiger partial charge on any atom is 0.258 e. The summed E-state index contributed by atoms with van der Waals surface area (Å²) >= 11 is 0. The number of hydrogen-bond acceptors (Lipinski definition) is 2. The van der Waals surface area contributed by atoms with Crippen molar-refractivity contribution in [1.82, 2.24) is 5.32 Å². The van der Waals surface area contributed by atoms with E-state index in [2.05, 4.69) is 11.9 Å². The standard InChI is InChI=1S/C12H15NO2/c1-4-6-10-9(5-2)7-8(3)11(14)13-12(10)15/h4-6,8H,1,7H2,2-3H3,(H,13,14,15)/b9-5-,10-6+. The van der Waals surface area contributed by atoms with Crippen LogP contribution in [0.1, 0.15) is 20.3 Å². The van der Waals surface area contributed by atoms with Gasteiger partial charge in [-0.05, 0) is 25.0 Å². The van der Waals surface area contributed by atoms with E-state index in [1.165, 1.54) is 0 Å². The summed E-state index contributed by atoms with van der Waals surface area (Å²) < 4.78 is 0. The minimum Gasteiger partial charge on any atom is -0.292 e. The minimum atomic E-state index is -0.336. The van der Waals surface area contributed by atoms with Crippen LogP contribution in [-0.2, 0) is 9.59 Å². The van der Waals surface area contributed by atoms with Gasteiger partial charge in [-0.2, -0.15) is 0 Å². The second-order valence-corrected chi connectivity index (χ2v) is 3.55. The number of rotatable bonds is 1. The van der Waals surface area contributed by atoms with Crippen LogP contribution < -0.4 is 5.32 Å². The molecule has 1 atom stereocenters. The Morgan fingerprint density at radius 1 is 1.47 bits per heavy atom. The maximum absolute atomic E-state index is 11.6. The van der Waals surface area contributed by atoms with Crippen LogP contribution in [0.4, 0.5) is 0 Å². The topological polar surface area (TPSA) is 46.2 Å². The van der Waals surface area contributed by atoms with Crippen LogP contribution in [0.5, 0.6) is 0 Å². The molecule has 0 saturated carbocycles. The van der Waals surface area contributed by atoms with E-state index in [1.54, 1.807) is 12.2 Å². The molecular formula is C12H15NO2. The van der Waals surface area contributed by atoms with E-state index in [1.807, 2.05) is 19.9 Å². The van der Waals surface area contributed by atoms with Gasteiger partial charge >= 0.3 is 0 Å². The molecule has 3 nitrogen and oxygen atoms in total. The number of amides is 2. The van der Waals surface area contributed by atoms with Crippen LogP contribution in [0.15, 0.2) is 36.0 Å². The molecule has 0 spiro atoms. The summed E-state index contributed by atoms with van der Waals surface area (Å²) in [6.45, 7) is 7.23. The zero-order valence-electron chi connectivity index (χ0n) is 9.04. The number of carbonyl (C=O) groups is 2. The van der Waals surface area contributed by atoms with E-state index in [4.69, 9.17) is 0 Å². The van der Waals surface area contributed by atoms with Gasteiger partial charge in [0.15, 0.2) is 0 Å². The van der Waals surface area contributed by atoms with Gasteiger partial charge in [0.05, 0.1) is 0 Å². The highest BCUT2D eigenvalue weighted by Gasteiger charge is 2.26. The van der Waals surface area contributed by atoms with Crippen molar-refractivity contribution >= 4 is 11.8 Å². The Morgan fingerprint density at radius 3 is 2.67 bits per heavy atom. The molecule has 1 N–H and O–H groups in total. The lowest BCUT2D eigenvalue weighted by Gasteiger charge is -2.06. The van der Waals surface area contributed by atoms with Gasteiger partial charge in [0.2, 0.25) is 5.91 Å². The molecule has 0 bridgehead atoms. The van der Waals surface area contributed by atoms with E-state index >= 15 is 0 Å². The molecule has 1 saturated heterocycles. The highest BCUT2D eigenvalue weighted by Crippen LogP contribution is 2.23. The second kappa shape index (κ2) is 4.73. The summed E-state index contributed by atoms with van der Waals surface area (Å²) in [6, 6.07) is 0. The third-order valence-electron chi connectivity index (χ3n) is 2.43. The van der Waals surface area contributed by atoms with Crippen LogP contribution in [0.3, 0.4) is 0 Å². The van der Waals surface area contributed by atoms with E-state index in [0.29, 0.717) is 12.0 Å². The normalized spacial score (nSPS) is 27.7. The summed E-state index contributed by atoms with van der Waals surface area (Å²) in [4.78, 5) is 23.1. The Hall–Kier alpha value is -1.64. The van der Waals surface area contributed by atoms with Crippen LogP contribution in [0.25, 0.3) is 0 Å². The average Bonchev–Trinajstić information content (AvgIpc) is 2.30. The molecule has 0 aliphatic carbocycles. The molecule has 15 heavy (non-hydrogen) atoms. The number of hydrogen-bond donors (Lipinski definition) is 1. The van der Waals surface area contributed by atoms with Crippen molar-refractivity contribution in [3.8, 4) is 0 Å². The molecule has 2 amide bonds. The molecule has 1 rings (SSSR count). The monoisotopic (exact) mass is 205 g/mol. The predicted molar refractivity (Wildman–Crippen MR) is 59.0 cm³/mol. The van der Waals surface area contributed by atoms with Gasteiger partial charge < -0.3 is 0 Å². The lowest BCUT2D eigenvalue weighted by atomic mass is 9.96. The molecule has 0 aromatic rings. The van der Waals surface area contributed by atoms with E-state index in [-0.39, 0.29) is 17.7 Å². The first-order valence-electron chi connectivity index (χ1n) is 4.93. The van der Waals surface area contributed by atoms with E-state index < -0.39 is 0 Å². The van der Waals surface area contributed by atoms with Crippen LogP contribution in [0, 0.1) is 5.92 Å². The van der Waals surface area contributed by atoms with Gasteiger partial charge in [-0.1, -0.05) is 25.7 Å². The quantitative estimate of drug-likeness (QED) is 0.523. The molecule has 1 aliphatic heterocycles. The van der Waals surface area contributed by atoms with Gasteiger partial charge in [0.1, 0.15) is 0 Å². The highest BCUT2D eigenvalue weighted by atomic mass is 16.2. The van der Waals surface area contributed by atoms with Gasteiger partial charge in [0, 0.05) is 11.5 Å². The highest BCUT2D eigenvalue weighted by molar-refractivity contribution is 6.08. The molecule has 1 unspecified atom stereocenters. The first-order chi connectivity index (χ1) is 7.10. The number of imide groups is 1. The summed E-state index contributed by atoms with van der Waals surface area (Å²) in [5, 5.41) is 2.36. The maximum atomic E-state index is 11.6. The number of allylic oxidation sites excluding steroid dienone is 3. The van der Waals surface area contributed by atoms with Crippen LogP contribution in [-0.4, -0.2) is 11.8 Å². The molecular weight excluding hydrogens is 190 g/mol. The summed E-state index contributed by atoms with van der Waals surface area (Å²) in [7, 11) is 0. The average molecular weight is 205 g/mol. The van der Waals surface area contributed by atoms with Gasteiger partial charge in [0.25, 0.3) is 5.91 Å². The summed E-state index contributed by atoms with van der Waals surface area (Å²) in [5.41, 5.74) is 1.43. The predicted octanol–water partition coefficient (Wildman–Crippen LogP) is 1.73. The van der Waals surface area contributed by atoms with Crippen molar-refractivity contribution in [3.05, 3.63) is 36.0 Å². The molecule has 0 aromatic carbocycles. The Bertz CT molecular complexity index is 364. The third kappa shape index (κ3) is 2.43. The van der Waals surface area contributed by atoms with Crippen molar-refractivity contribution in [3.63, 3.8) is 0 Å². The summed E-state index contributed by atoms with van der Waals surface area (Å²) in [5.74, 6) is -0.722. The van der Waals surface area contributed by atoms with Gasteiger partial charge in [-0.25, -0.2) is 0 Å². The fourth-order valence-electron chi connectivity index (χ4n) is 1.55. The van der Waals surface area contributed by atoms with Crippen molar-refractivity contribution in [2.75, 3.05) is 0 Å². The molecule has 0 aromatic heterocycles. The minimum absolute atomic E-state index is 0.170. The summed E-state index contributed by atoms with van der Waals surface area (Å²) in [6.07, 6.45) is 5.65. The number of carbonyl (C=O) groups excluding carboxylic acids is 2. The lowest BCUT2D eigenvalue weighted by molar-refractivity contribution is -0.130. The first-order valence-corrected chi connectivity index (χ1v) is 4.93. The van der Waals surface area contributed by atoms with Crippen molar-refractivity contribution in [2.45, 2.75) is 20.3 Å². The van der Waals surface area contributed by atoms with E-state index in [9.17, 15) is 9.59 Å². The third-order valence-corrected chi connectivity index (χ3v) is 2.43. The molecule has 1 aliphatic rings. The Labute approximate surface area is 89.6 Å². The van der Waals surface area contributed by atoms with Crippen LogP contribution >= 0.6 is 0 Å². The molecule has 1 heterocycles. The zero-order chi connectivity index (χ0) is 11.4.